The highest BCUT2D eigenvalue weighted by Gasteiger charge is 2.15. The third kappa shape index (κ3) is 1.75. The number of aromatic carboxylic acids is 1. The van der Waals surface area contributed by atoms with Crippen molar-refractivity contribution in [3.8, 4) is 5.69 Å². The van der Waals surface area contributed by atoms with Crippen LogP contribution in [0.3, 0.4) is 0 Å². The number of aryl methyl sites for hydroxylation is 1. The van der Waals surface area contributed by atoms with Crippen molar-refractivity contribution in [2.75, 3.05) is 0 Å². The van der Waals surface area contributed by atoms with E-state index in [4.69, 9.17) is 5.11 Å². The van der Waals surface area contributed by atoms with Gasteiger partial charge in [-0.1, -0.05) is 18.2 Å². The lowest BCUT2D eigenvalue weighted by Crippen LogP contribution is -2.00. The molecule has 0 aliphatic heterocycles. The van der Waals surface area contributed by atoms with Gasteiger partial charge in [0.1, 0.15) is 17.7 Å². The molecule has 1 N–H and O–H groups in total. The summed E-state index contributed by atoms with van der Waals surface area (Å²) in [7, 11) is 0. The van der Waals surface area contributed by atoms with Crippen LogP contribution in [0.5, 0.6) is 0 Å². The van der Waals surface area contributed by atoms with E-state index >= 15 is 0 Å². The van der Waals surface area contributed by atoms with Crippen LogP contribution >= 0.6 is 0 Å². The zero-order chi connectivity index (χ0) is 14.3. The van der Waals surface area contributed by atoms with Gasteiger partial charge in [-0.15, -0.1) is 0 Å². The van der Waals surface area contributed by atoms with Gasteiger partial charge in [0, 0.05) is 0 Å². The maximum Gasteiger partial charge on any atom is 0.337 e. The normalized spacial score (nSPS) is 10.9. The molecule has 3 aromatic rings. The first-order valence-electron chi connectivity index (χ1n) is 6.04. The summed E-state index contributed by atoms with van der Waals surface area (Å²) in [6.07, 6.45) is 1.45. The van der Waals surface area contributed by atoms with Crippen molar-refractivity contribution < 1.29 is 14.3 Å². The van der Waals surface area contributed by atoms with Gasteiger partial charge in [0.2, 0.25) is 0 Å². The van der Waals surface area contributed by atoms with Gasteiger partial charge in [-0.25, -0.2) is 14.2 Å². The highest BCUT2D eigenvalue weighted by Crippen LogP contribution is 2.25. The number of benzene rings is 2. The van der Waals surface area contributed by atoms with Crippen molar-refractivity contribution in [1.82, 2.24) is 9.55 Å². The van der Waals surface area contributed by atoms with Crippen LogP contribution in [0.4, 0.5) is 4.39 Å². The number of hydrogen-bond acceptors (Lipinski definition) is 2. The third-order valence-electron chi connectivity index (χ3n) is 3.24. The number of para-hydroxylation sites is 2. The van der Waals surface area contributed by atoms with Gasteiger partial charge in [0.15, 0.2) is 0 Å². The Morgan fingerprint density at radius 1 is 1.25 bits per heavy atom. The SMILES string of the molecule is Cc1cccc(F)c1-n1cnc2c(C(=O)O)cccc21. The Hall–Kier alpha value is -2.69. The molecule has 0 fully saturated rings. The highest BCUT2D eigenvalue weighted by atomic mass is 19.1. The molecule has 0 radical (unpaired) electrons. The molecular weight excluding hydrogens is 259 g/mol. The van der Waals surface area contributed by atoms with Crippen molar-refractivity contribution in [2.24, 2.45) is 0 Å². The van der Waals surface area contributed by atoms with E-state index in [1.807, 2.05) is 0 Å². The van der Waals surface area contributed by atoms with Crippen molar-refractivity contribution in [2.45, 2.75) is 6.92 Å². The quantitative estimate of drug-likeness (QED) is 0.778. The van der Waals surface area contributed by atoms with Crippen LogP contribution in [-0.2, 0) is 0 Å². The summed E-state index contributed by atoms with van der Waals surface area (Å²) in [5.74, 6) is -1.42. The van der Waals surface area contributed by atoms with Gasteiger partial charge in [0.05, 0.1) is 16.8 Å². The molecule has 100 valence electrons. The van der Waals surface area contributed by atoms with E-state index in [-0.39, 0.29) is 11.4 Å². The molecule has 4 nitrogen and oxygen atoms in total. The molecule has 3 rings (SSSR count). The summed E-state index contributed by atoms with van der Waals surface area (Å²) in [6, 6.07) is 9.63. The number of nitrogens with zero attached hydrogens (tertiary/aromatic N) is 2. The molecule has 0 bridgehead atoms. The predicted octanol–water partition coefficient (Wildman–Crippen LogP) is 3.17. The second-order valence-corrected chi connectivity index (χ2v) is 4.50. The number of fused-ring (bicyclic) bond motifs is 1. The number of rotatable bonds is 2. The first kappa shape index (κ1) is 12.3. The maximum atomic E-state index is 14.0. The molecular formula is C15H11FN2O2. The highest BCUT2D eigenvalue weighted by molar-refractivity contribution is 6.01. The number of hydrogen-bond donors (Lipinski definition) is 1. The average Bonchev–Trinajstić information content (AvgIpc) is 2.82. The van der Waals surface area contributed by atoms with Gasteiger partial charge >= 0.3 is 5.97 Å². The molecule has 0 saturated heterocycles. The molecule has 1 heterocycles. The number of carboxylic acid groups (broad SMARTS) is 1. The lowest BCUT2D eigenvalue weighted by molar-refractivity contribution is 0.0699. The van der Waals surface area contributed by atoms with E-state index in [0.717, 1.165) is 5.56 Å². The lowest BCUT2D eigenvalue weighted by atomic mass is 10.1. The summed E-state index contributed by atoms with van der Waals surface area (Å²) in [5.41, 5.74) is 2.17. The molecule has 0 aliphatic rings. The van der Waals surface area contributed by atoms with Gasteiger partial charge in [-0.2, -0.15) is 0 Å². The first-order chi connectivity index (χ1) is 9.59. The first-order valence-corrected chi connectivity index (χ1v) is 6.04. The van der Waals surface area contributed by atoms with Crippen LogP contribution < -0.4 is 0 Å². The van der Waals surface area contributed by atoms with E-state index in [2.05, 4.69) is 4.98 Å². The van der Waals surface area contributed by atoms with Crippen LogP contribution in [0.15, 0.2) is 42.7 Å². The van der Waals surface area contributed by atoms with E-state index in [0.29, 0.717) is 16.7 Å². The Morgan fingerprint density at radius 2 is 2.00 bits per heavy atom. The van der Waals surface area contributed by atoms with E-state index in [9.17, 15) is 9.18 Å². The topological polar surface area (TPSA) is 55.1 Å². The minimum absolute atomic E-state index is 0.107. The molecule has 0 saturated carbocycles. The molecule has 2 aromatic carbocycles. The standard InChI is InChI=1S/C15H11FN2O2/c1-9-4-2-6-11(16)14(9)18-8-17-13-10(15(19)20)5-3-7-12(13)18/h2-8H,1H3,(H,19,20). The fourth-order valence-corrected chi connectivity index (χ4v) is 2.32. The Labute approximate surface area is 114 Å². The van der Waals surface area contributed by atoms with Crippen molar-refractivity contribution >= 4 is 17.0 Å². The fourth-order valence-electron chi connectivity index (χ4n) is 2.32. The monoisotopic (exact) mass is 270 g/mol. The Morgan fingerprint density at radius 3 is 2.70 bits per heavy atom. The largest absolute Gasteiger partial charge is 0.478 e. The zero-order valence-electron chi connectivity index (χ0n) is 10.7. The molecule has 0 aliphatic carbocycles. The Bertz CT molecular complexity index is 804. The number of carboxylic acids is 1. The van der Waals surface area contributed by atoms with Gasteiger partial charge in [0.25, 0.3) is 0 Å². The van der Waals surface area contributed by atoms with Gasteiger partial charge in [-0.05, 0) is 30.7 Å². The van der Waals surface area contributed by atoms with Crippen LogP contribution in [0.25, 0.3) is 16.7 Å². The summed E-state index contributed by atoms with van der Waals surface area (Å²) < 4.78 is 15.6. The maximum absolute atomic E-state index is 14.0. The fraction of sp³-hybridized carbons (Fsp3) is 0.0667. The van der Waals surface area contributed by atoms with E-state index in [1.165, 1.54) is 18.5 Å². The predicted molar refractivity (Wildman–Crippen MR) is 72.7 cm³/mol. The molecule has 0 unspecified atom stereocenters. The minimum atomic E-state index is -1.05. The molecule has 20 heavy (non-hydrogen) atoms. The van der Waals surface area contributed by atoms with Crippen molar-refractivity contribution in [1.29, 1.82) is 0 Å². The van der Waals surface area contributed by atoms with Crippen molar-refractivity contribution in [3.63, 3.8) is 0 Å². The van der Waals surface area contributed by atoms with Gasteiger partial charge in [-0.3, -0.25) is 4.57 Å². The summed E-state index contributed by atoms with van der Waals surface area (Å²) in [6.45, 7) is 1.80. The van der Waals surface area contributed by atoms with Crippen LogP contribution in [0.2, 0.25) is 0 Å². The lowest BCUT2D eigenvalue weighted by Gasteiger charge is -2.09. The number of imidazole rings is 1. The van der Waals surface area contributed by atoms with E-state index in [1.54, 1.807) is 35.8 Å². The van der Waals surface area contributed by atoms with Gasteiger partial charge < -0.3 is 5.11 Å². The summed E-state index contributed by atoms with van der Waals surface area (Å²) >= 11 is 0. The smallest absolute Gasteiger partial charge is 0.337 e. The number of halogens is 1. The van der Waals surface area contributed by atoms with Crippen LogP contribution in [0, 0.1) is 12.7 Å². The Kier molecular flexibility index (Phi) is 2.75. The summed E-state index contributed by atoms with van der Waals surface area (Å²) in [4.78, 5) is 15.3. The molecule has 1 aromatic heterocycles. The molecule has 0 amide bonds. The minimum Gasteiger partial charge on any atom is -0.478 e. The zero-order valence-corrected chi connectivity index (χ0v) is 10.7. The summed E-state index contributed by atoms with van der Waals surface area (Å²) in [5, 5.41) is 9.15. The molecule has 0 spiro atoms. The molecule has 0 atom stereocenters. The van der Waals surface area contributed by atoms with Crippen molar-refractivity contribution in [3.05, 3.63) is 59.7 Å². The van der Waals surface area contributed by atoms with Crippen LogP contribution in [-0.4, -0.2) is 20.6 Å². The average molecular weight is 270 g/mol. The van der Waals surface area contributed by atoms with Crippen LogP contribution in [0.1, 0.15) is 15.9 Å². The second kappa shape index (κ2) is 4.45. The number of carbonyl (C=O) groups is 1. The van der Waals surface area contributed by atoms with E-state index < -0.39 is 5.97 Å². The third-order valence-corrected chi connectivity index (χ3v) is 3.24. The number of aromatic nitrogens is 2. The Balaban J connectivity index is 2.34. The molecule has 5 heteroatoms. The second-order valence-electron chi connectivity index (χ2n) is 4.50.